The number of carbonyl (C=O) groups excluding carboxylic acids is 1. The molecule has 4 rings (SSSR count). The molecule has 0 radical (unpaired) electrons. The summed E-state index contributed by atoms with van der Waals surface area (Å²) in [4.78, 5) is 25.8. The van der Waals surface area contributed by atoms with Crippen molar-refractivity contribution in [3.63, 3.8) is 0 Å². The van der Waals surface area contributed by atoms with E-state index >= 15 is 0 Å². The minimum absolute atomic E-state index is 0.138. The number of nitrogens with zero attached hydrogens (tertiary/aromatic N) is 3. The maximum Gasteiger partial charge on any atom is 0.297 e. The Morgan fingerprint density at radius 3 is 2.38 bits per heavy atom. The third-order valence-corrected chi connectivity index (χ3v) is 5.36. The van der Waals surface area contributed by atoms with Crippen LogP contribution < -0.4 is 15.6 Å². The molecule has 0 aliphatic heterocycles. The minimum Gasteiger partial charge on any atom is -0.497 e. The number of methoxy groups -OCH3 is 1. The van der Waals surface area contributed by atoms with E-state index in [9.17, 15) is 9.59 Å². The Hall–Kier alpha value is -3.94. The normalized spacial score (nSPS) is 11.0. The summed E-state index contributed by atoms with van der Waals surface area (Å²) >= 11 is 0. The van der Waals surface area contributed by atoms with E-state index in [1.807, 2.05) is 45.0 Å². The molecule has 2 aromatic carbocycles. The van der Waals surface area contributed by atoms with Crippen molar-refractivity contribution in [1.29, 1.82) is 0 Å². The highest BCUT2D eigenvalue weighted by atomic mass is 16.5. The summed E-state index contributed by atoms with van der Waals surface area (Å²) in [6.07, 6.45) is 0. The molecule has 4 aromatic rings. The zero-order chi connectivity index (χ0) is 23.0. The van der Waals surface area contributed by atoms with Crippen LogP contribution in [0.15, 0.2) is 45.7 Å². The Bertz CT molecular complexity index is 1360. The van der Waals surface area contributed by atoms with Gasteiger partial charge in [0.2, 0.25) is 5.91 Å². The summed E-state index contributed by atoms with van der Waals surface area (Å²) in [5, 5.41) is 11.9. The van der Waals surface area contributed by atoms with E-state index in [0.29, 0.717) is 22.6 Å². The number of carbonyl (C=O) groups is 1. The molecule has 2 aromatic heterocycles. The van der Waals surface area contributed by atoms with Gasteiger partial charge in [-0.3, -0.25) is 9.59 Å². The first-order valence-corrected chi connectivity index (χ1v) is 10.2. The maximum atomic E-state index is 13.0. The molecule has 0 bridgehead atoms. The molecule has 32 heavy (non-hydrogen) atoms. The van der Waals surface area contributed by atoms with Gasteiger partial charge in [-0.05, 0) is 63.1 Å². The zero-order valence-corrected chi connectivity index (χ0v) is 18.6. The van der Waals surface area contributed by atoms with Crippen LogP contribution in [0.3, 0.4) is 0 Å². The molecule has 0 saturated carbocycles. The second-order valence-electron chi connectivity index (χ2n) is 7.82. The van der Waals surface area contributed by atoms with E-state index in [1.54, 1.807) is 26.2 Å². The van der Waals surface area contributed by atoms with Crippen molar-refractivity contribution in [3.8, 4) is 17.0 Å². The maximum absolute atomic E-state index is 13.0. The van der Waals surface area contributed by atoms with Gasteiger partial charge in [0.05, 0.1) is 12.5 Å². The van der Waals surface area contributed by atoms with Crippen molar-refractivity contribution in [2.24, 2.45) is 0 Å². The SMILES string of the molecule is COc1ccc(-c2nn(CC(=O)Nc3c(C)cc(C)cc3C)c(=O)c3noc(C)c23)cc1. The largest absolute Gasteiger partial charge is 0.497 e. The van der Waals surface area contributed by atoms with Crippen LogP contribution in [0.4, 0.5) is 5.69 Å². The smallest absolute Gasteiger partial charge is 0.297 e. The number of rotatable bonds is 5. The minimum atomic E-state index is -0.485. The molecule has 0 fully saturated rings. The Morgan fingerprint density at radius 1 is 1.09 bits per heavy atom. The number of amides is 1. The lowest BCUT2D eigenvalue weighted by molar-refractivity contribution is -0.117. The van der Waals surface area contributed by atoms with Crippen LogP contribution in [-0.4, -0.2) is 28.0 Å². The third-order valence-electron chi connectivity index (χ3n) is 5.36. The number of nitrogens with one attached hydrogen (secondary N) is 1. The van der Waals surface area contributed by atoms with Crippen LogP contribution in [0, 0.1) is 27.7 Å². The fourth-order valence-electron chi connectivity index (χ4n) is 3.89. The predicted molar refractivity (Wildman–Crippen MR) is 122 cm³/mol. The van der Waals surface area contributed by atoms with Crippen molar-refractivity contribution in [2.75, 3.05) is 12.4 Å². The summed E-state index contributed by atoms with van der Waals surface area (Å²) < 4.78 is 11.6. The number of anilines is 1. The van der Waals surface area contributed by atoms with Crippen molar-refractivity contribution < 1.29 is 14.1 Å². The fourth-order valence-corrected chi connectivity index (χ4v) is 3.89. The standard InChI is InChI=1S/C24H24N4O4/c1-13-10-14(2)21(15(3)11-13)25-19(29)12-28-24(30)23-20(16(4)32-27-23)22(26-28)17-6-8-18(31-5)9-7-17/h6-11H,12H2,1-5H3,(H,25,29). The average molecular weight is 432 g/mol. The van der Waals surface area contributed by atoms with Gasteiger partial charge in [-0.15, -0.1) is 0 Å². The number of ether oxygens (including phenoxy) is 1. The van der Waals surface area contributed by atoms with Crippen molar-refractivity contribution in [2.45, 2.75) is 34.2 Å². The molecule has 1 amide bonds. The van der Waals surface area contributed by atoms with Crippen LogP contribution in [0.5, 0.6) is 5.75 Å². The summed E-state index contributed by atoms with van der Waals surface area (Å²) in [5.41, 5.74) is 4.68. The monoisotopic (exact) mass is 432 g/mol. The molecule has 1 N–H and O–H groups in total. The Morgan fingerprint density at radius 2 is 1.75 bits per heavy atom. The van der Waals surface area contributed by atoms with Gasteiger partial charge in [0.1, 0.15) is 23.7 Å². The molecule has 0 aliphatic rings. The van der Waals surface area contributed by atoms with Crippen molar-refractivity contribution in [1.82, 2.24) is 14.9 Å². The van der Waals surface area contributed by atoms with Gasteiger partial charge in [0.25, 0.3) is 5.56 Å². The van der Waals surface area contributed by atoms with Crippen LogP contribution in [-0.2, 0) is 11.3 Å². The van der Waals surface area contributed by atoms with E-state index in [2.05, 4.69) is 15.6 Å². The molecule has 2 heterocycles. The van der Waals surface area contributed by atoms with Gasteiger partial charge in [0.15, 0.2) is 5.52 Å². The topological polar surface area (TPSA) is 99.2 Å². The van der Waals surface area contributed by atoms with E-state index in [1.165, 1.54) is 0 Å². The van der Waals surface area contributed by atoms with E-state index < -0.39 is 5.56 Å². The van der Waals surface area contributed by atoms with Crippen molar-refractivity contribution in [3.05, 3.63) is 69.2 Å². The highest BCUT2D eigenvalue weighted by Gasteiger charge is 2.20. The molecule has 0 saturated heterocycles. The molecule has 8 heteroatoms. The number of aryl methyl sites for hydroxylation is 4. The number of hydrogen-bond donors (Lipinski definition) is 1. The average Bonchev–Trinajstić information content (AvgIpc) is 3.15. The zero-order valence-electron chi connectivity index (χ0n) is 18.6. The fraction of sp³-hybridized carbons (Fsp3) is 0.250. The third kappa shape index (κ3) is 3.87. The first kappa shape index (κ1) is 21.3. The second kappa shape index (κ2) is 8.30. The van der Waals surface area contributed by atoms with Crippen molar-refractivity contribution >= 4 is 22.5 Å². The second-order valence-corrected chi connectivity index (χ2v) is 7.82. The van der Waals surface area contributed by atoms with Gasteiger partial charge in [-0.2, -0.15) is 5.10 Å². The van der Waals surface area contributed by atoms with Gasteiger partial charge in [-0.1, -0.05) is 22.9 Å². The highest BCUT2D eigenvalue weighted by molar-refractivity contribution is 5.94. The van der Waals surface area contributed by atoms with Crippen LogP contribution in [0.2, 0.25) is 0 Å². The Balaban J connectivity index is 1.74. The quantitative estimate of drug-likeness (QED) is 0.513. The summed E-state index contributed by atoms with van der Waals surface area (Å²) in [6, 6.07) is 11.3. The summed E-state index contributed by atoms with van der Waals surface area (Å²) in [6.45, 7) is 7.35. The van der Waals surface area contributed by atoms with E-state index in [0.717, 1.165) is 32.6 Å². The first-order chi connectivity index (χ1) is 15.3. The Labute approximate surface area is 184 Å². The molecule has 164 valence electrons. The number of aromatic nitrogens is 3. The van der Waals surface area contributed by atoms with Gasteiger partial charge < -0.3 is 14.6 Å². The predicted octanol–water partition coefficient (Wildman–Crippen LogP) is 3.93. The molecule has 0 atom stereocenters. The van der Waals surface area contributed by atoms with Crippen LogP contribution >= 0.6 is 0 Å². The molecule has 0 spiro atoms. The summed E-state index contributed by atoms with van der Waals surface area (Å²) in [5.74, 6) is 0.830. The van der Waals surface area contributed by atoms with Crippen LogP contribution in [0.1, 0.15) is 22.5 Å². The lowest BCUT2D eigenvalue weighted by Crippen LogP contribution is -2.30. The van der Waals surface area contributed by atoms with E-state index in [4.69, 9.17) is 9.26 Å². The first-order valence-electron chi connectivity index (χ1n) is 10.2. The van der Waals surface area contributed by atoms with Gasteiger partial charge in [-0.25, -0.2) is 4.68 Å². The number of benzene rings is 2. The lowest BCUT2D eigenvalue weighted by atomic mass is 10.1. The van der Waals surface area contributed by atoms with E-state index in [-0.39, 0.29) is 18.0 Å². The molecular weight excluding hydrogens is 408 g/mol. The Kier molecular flexibility index (Phi) is 5.52. The number of hydrogen-bond acceptors (Lipinski definition) is 6. The summed E-state index contributed by atoms with van der Waals surface area (Å²) in [7, 11) is 1.59. The van der Waals surface area contributed by atoms with Crippen LogP contribution in [0.25, 0.3) is 22.2 Å². The molecule has 0 unspecified atom stereocenters. The number of fused-ring (bicyclic) bond motifs is 1. The van der Waals surface area contributed by atoms with Gasteiger partial charge >= 0.3 is 0 Å². The lowest BCUT2D eigenvalue weighted by Gasteiger charge is -2.14. The molecular formula is C24H24N4O4. The van der Waals surface area contributed by atoms with Gasteiger partial charge in [0, 0.05) is 11.3 Å². The highest BCUT2D eigenvalue weighted by Crippen LogP contribution is 2.28. The molecule has 8 nitrogen and oxygen atoms in total. The molecule has 0 aliphatic carbocycles.